The van der Waals surface area contributed by atoms with Gasteiger partial charge in [-0.25, -0.2) is 4.79 Å². The van der Waals surface area contributed by atoms with E-state index in [9.17, 15) is 4.79 Å². The Morgan fingerprint density at radius 2 is 2.25 bits per heavy atom. The standard InChI is InChI=1S/C12H17N3O/c13-10-4-1-3-9(7-10)8-14-12(16)15-11-5-2-6-11/h1,3-4,7,11H,2,5-6,8,13H2,(H2,14,15,16). The van der Waals surface area contributed by atoms with Gasteiger partial charge in [0.1, 0.15) is 0 Å². The molecule has 0 spiro atoms. The smallest absolute Gasteiger partial charge is 0.315 e. The van der Waals surface area contributed by atoms with Gasteiger partial charge in [0.25, 0.3) is 0 Å². The van der Waals surface area contributed by atoms with Crippen LogP contribution in [-0.2, 0) is 6.54 Å². The summed E-state index contributed by atoms with van der Waals surface area (Å²) in [6.45, 7) is 0.517. The van der Waals surface area contributed by atoms with Gasteiger partial charge in [-0.1, -0.05) is 12.1 Å². The molecule has 0 unspecified atom stereocenters. The van der Waals surface area contributed by atoms with Crippen molar-refractivity contribution in [3.05, 3.63) is 29.8 Å². The number of rotatable bonds is 3. The molecule has 86 valence electrons. The Balaban J connectivity index is 1.75. The number of urea groups is 1. The van der Waals surface area contributed by atoms with E-state index in [0.29, 0.717) is 12.6 Å². The maximum atomic E-state index is 11.5. The third-order valence-electron chi connectivity index (χ3n) is 2.84. The lowest BCUT2D eigenvalue weighted by Gasteiger charge is -2.26. The molecule has 1 saturated carbocycles. The summed E-state index contributed by atoms with van der Waals surface area (Å²) in [5, 5.41) is 5.74. The highest BCUT2D eigenvalue weighted by Crippen LogP contribution is 2.17. The number of carbonyl (C=O) groups is 1. The number of carbonyl (C=O) groups excluding carboxylic acids is 1. The largest absolute Gasteiger partial charge is 0.399 e. The molecule has 0 radical (unpaired) electrons. The second-order valence-corrected chi connectivity index (χ2v) is 4.20. The monoisotopic (exact) mass is 219 g/mol. The Labute approximate surface area is 95.2 Å². The number of nitrogens with one attached hydrogen (secondary N) is 2. The summed E-state index contributed by atoms with van der Waals surface area (Å²) in [6.07, 6.45) is 3.43. The van der Waals surface area contributed by atoms with Gasteiger partial charge in [0, 0.05) is 18.3 Å². The van der Waals surface area contributed by atoms with Crippen LogP contribution in [0.5, 0.6) is 0 Å². The van der Waals surface area contributed by atoms with Crippen molar-refractivity contribution in [1.29, 1.82) is 0 Å². The molecule has 4 heteroatoms. The van der Waals surface area contributed by atoms with Gasteiger partial charge in [0.2, 0.25) is 0 Å². The zero-order valence-corrected chi connectivity index (χ0v) is 9.20. The third-order valence-corrected chi connectivity index (χ3v) is 2.84. The summed E-state index contributed by atoms with van der Waals surface area (Å²) in [6, 6.07) is 7.81. The predicted octanol–water partition coefficient (Wildman–Crippen LogP) is 1.62. The second kappa shape index (κ2) is 4.88. The SMILES string of the molecule is Nc1cccc(CNC(=O)NC2CCC2)c1. The molecule has 2 rings (SSSR count). The molecular weight excluding hydrogens is 202 g/mol. The van der Waals surface area contributed by atoms with Crippen molar-refractivity contribution in [3.63, 3.8) is 0 Å². The number of nitrogens with two attached hydrogens (primary N) is 1. The molecule has 1 aliphatic carbocycles. The summed E-state index contributed by atoms with van der Waals surface area (Å²) in [5.41, 5.74) is 7.39. The van der Waals surface area contributed by atoms with Gasteiger partial charge in [0.15, 0.2) is 0 Å². The quantitative estimate of drug-likeness (QED) is 0.676. The molecule has 1 fully saturated rings. The van der Waals surface area contributed by atoms with Crippen LogP contribution in [-0.4, -0.2) is 12.1 Å². The number of anilines is 1. The van der Waals surface area contributed by atoms with Crippen molar-refractivity contribution >= 4 is 11.7 Å². The Morgan fingerprint density at radius 1 is 1.44 bits per heavy atom. The highest BCUT2D eigenvalue weighted by molar-refractivity contribution is 5.74. The minimum absolute atomic E-state index is 0.0906. The van der Waals surface area contributed by atoms with Crippen LogP contribution in [0, 0.1) is 0 Å². The lowest BCUT2D eigenvalue weighted by atomic mass is 9.93. The van der Waals surface area contributed by atoms with E-state index in [1.165, 1.54) is 6.42 Å². The van der Waals surface area contributed by atoms with Crippen LogP contribution >= 0.6 is 0 Å². The molecular formula is C12H17N3O. The molecule has 0 atom stereocenters. The first kappa shape index (κ1) is 10.8. The van der Waals surface area contributed by atoms with E-state index in [2.05, 4.69) is 10.6 Å². The molecule has 4 N–H and O–H groups in total. The topological polar surface area (TPSA) is 67.1 Å². The molecule has 1 aromatic rings. The van der Waals surface area contributed by atoms with Crippen molar-refractivity contribution in [2.75, 3.05) is 5.73 Å². The molecule has 1 aliphatic rings. The lowest BCUT2D eigenvalue weighted by molar-refractivity contribution is 0.228. The number of hydrogen-bond donors (Lipinski definition) is 3. The molecule has 4 nitrogen and oxygen atoms in total. The minimum atomic E-state index is -0.0906. The van der Waals surface area contributed by atoms with Crippen molar-refractivity contribution in [2.45, 2.75) is 31.8 Å². The fourth-order valence-electron chi connectivity index (χ4n) is 1.67. The van der Waals surface area contributed by atoms with Gasteiger partial charge >= 0.3 is 6.03 Å². The molecule has 0 heterocycles. The summed E-state index contributed by atoms with van der Waals surface area (Å²) >= 11 is 0. The van der Waals surface area contributed by atoms with Gasteiger partial charge in [-0.05, 0) is 37.0 Å². The summed E-state index contributed by atoms with van der Waals surface area (Å²) in [4.78, 5) is 11.5. The van der Waals surface area contributed by atoms with E-state index in [1.807, 2.05) is 24.3 Å². The Hall–Kier alpha value is -1.71. The Kier molecular flexibility index (Phi) is 3.29. The Morgan fingerprint density at radius 3 is 2.88 bits per heavy atom. The second-order valence-electron chi connectivity index (χ2n) is 4.20. The van der Waals surface area contributed by atoms with E-state index in [4.69, 9.17) is 5.73 Å². The summed E-state index contributed by atoms with van der Waals surface area (Å²) in [5.74, 6) is 0. The molecule has 0 aromatic heterocycles. The lowest BCUT2D eigenvalue weighted by Crippen LogP contribution is -2.44. The number of benzene rings is 1. The fraction of sp³-hybridized carbons (Fsp3) is 0.417. The highest BCUT2D eigenvalue weighted by Gasteiger charge is 2.18. The van der Waals surface area contributed by atoms with Gasteiger partial charge in [-0.15, -0.1) is 0 Å². The average molecular weight is 219 g/mol. The number of hydrogen-bond acceptors (Lipinski definition) is 2. The first-order valence-corrected chi connectivity index (χ1v) is 5.63. The normalized spacial score (nSPS) is 15.2. The van der Waals surface area contributed by atoms with E-state index in [0.717, 1.165) is 24.1 Å². The fourth-order valence-corrected chi connectivity index (χ4v) is 1.67. The molecule has 16 heavy (non-hydrogen) atoms. The van der Waals surface area contributed by atoms with Crippen LogP contribution in [0.3, 0.4) is 0 Å². The van der Waals surface area contributed by atoms with Crippen LogP contribution in [0.4, 0.5) is 10.5 Å². The highest BCUT2D eigenvalue weighted by atomic mass is 16.2. The van der Waals surface area contributed by atoms with E-state index in [-0.39, 0.29) is 6.03 Å². The van der Waals surface area contributed by atoms with Crippen LogP contribution in [0.1, 0.15) is 24.8 Å². The minimum Gasteiger partial charge on any atom is -0.399 e. The van der Waals surface area contributed by atoms with Crippen molar-refractivity contribution < 1.29 is 4.79 Å². The van der Waals surface area contributed by atoms with E-state index >= 15 is 0 Å². The maximum absolute atomic E-state index is 11.5. The zero-order chi connectivity index (χ0) is 11.4. The van der Waals surface area contributed by atoms with Crippen molar-refractivity contribution in [3.8, 4) is 0 Å². The predicted molar refractivity (Wildman–Crippen MR) is 63.9 cm³/mol. The van der Waals surface area contributed by atoms with Crippen LogP contribution < -0.4 is 16.4 Å². The van der Waals surface area contributed by atoms with Crippen molar-refractivity contribution in [2.24, 2.45) is 0 Å². The van der Waals surface area contributed by atoms with Gasteiger partial charge in [0.05, 0.1) is 0 Å². The van der Waals surface area contributed by atoms with Crippen molar-refractivity contribution in [1.82, 2.24) is 10.6 Å². The molecule has 0 saturated heterocycles. The summed E-state index contributed by atoms with van der Waals surface area (Å²) < 4.78 is 0. The zero-order valence-electron chi connectivity index (χ0n) is 9.20. The van der Waals surface area contributed by atoms with Gasteiger partial charge < -0.3 is 16.4 Å². The van der Waals surface area contributed by atoms with Gasteiger partial charge in [-0.2, -0.15) is 0 Å². The average Bonchev–Trinajstić information content (AvgIpc) is 2.21. The Bertz CT molecular complexity index is 374. The van der Waals surface area contributed by atoms with Crippen LogP contribution in [0.25, 0.3) is 0 Å². The van der Waals surface area contributed by atoms with Gasteiger partial charge in [-0.3, -0.25) is 0 Å². The van der Waals surface area contributed by atoms with E-state index in [1.54, 1.807) is 0 Å². The molecule has 1 aromatic carbocycles. The molecule has 2 amide bonds. The number of amides is 2. The third kappa shape index (κ3) is 2.89. The first-order chi connectivity index (χ1) is 7.74. The summed E-state index contributed by atoms with van der Waals surface area (Å²) in [7, 11) is 0. The maximum Gasteiger partial charge on any atom is 0.315 e. The van der Waals surface area contributed by atoms with E-state index < -0.39 is 0 Å². The van der Waals surface area contributed by atoms with Crippen LogP contribution in [0.2, 0.25) is 0 Å². The molecule has 0 aliphatic heterocycles. The van der Waals surface area contributed by atoms with Crippen LogP contribution in [0.15, 0.2) is 24.3 Å². The first-order valence-electron chi connectivity index (χ1n) is 5.63. The molecule has 0 bridgehead atoms. The number of nitrogen functional groups attached to an aromatic ring is 1.